The summed E-state index contributed by atoms with van der Waals surface area (Å²) in [5.41, 5.74) is 0. The predicted octanol–water partition coefficient (Wildman–Crippen LogP) is 2.51. The third-order valence-electron chi connectivity index (χ3n) is 2.91. The highest BCUT2D eigenvalue weighted by molar-refractivity contribution is 8.06. The van der Waals surface area contributed by atoms with Gasteiger partial charge in [0.15, 0.2) is 0 Å². The van der Waals surface area contributed by atoms with E-state index in [1.165, 1.54) is 35.9 Å². The Hall–Kier alpha value is 0.200. The van der Waals surface area contributed by atoms with Crippen LogP contribution in [0.15, 0.2) is 11.8 Å². The van der Waals surface area contributed by atoms with E-state index in [-0.39, 0.29) is 0 Å². The molecule has 16 heavy (non-hydrogen) atoms. The van der Waals surface area contributed by atoms with Gasteiger partial charge in [-0.05, 0) is 25.5 Å². The molecule has 2 unspecified atom stereocenters. The maximum absolute atomic E-state index is 5.82. The molecule has 2 aliphatic rings. The fourth-order valence-corrected chi connectivity index (χ4v) is 4.97. The molecule has 0 aromatic carbocycles. The zero-order valence-corrected chi connectivity index (χ0v) is 11.5. The number of allylic oxidation sites excluding steroid dienone is 1. The summed E-state index contributed by atoms with van der Waals surface area (Å²) in [4.78, 5) is 0. The summed E-state index contributed by atoms with van der Waals surface area (Å²) < 4.78 is 5.82. The van der Waals surface area contributed by atoms with Crippen molar-refractivity contribution in [1.82, 2.24) is 5.32 Å². The molecule has 0 bridgehead atoms. The topological polar surface area (TPSA) is 21.3 Å². The molecule has 2 aliphatic heterocycles. The fourth-order valence-electron chi connectivity index (χ4n) is 2.13. The molecule has 0 radical (unpaired) electrons. The minimum Gasteiger partial charge on any atom is -0.497 e. The Morgan fingerprint density at radius 2 is 2.50 bits per heavy atom. The zero-order chi connectivity index (χ0) is 11.2. The Morgan fingerprint density at radius 3 is 3.12 bits per heavy atom. The van der Waals surface area contributed by atoms with E-state index in [0.717, 1.165) is 13.2 Å². The zero-order valence-electron chi connectivity index (χ0n) is 9.91. The second-order valence-corrected chi connectivity index (χ2v) is 6.61. The third-order valence-corrected chi connectivity index (χ3v) is 5.77. The number of ether oxygens (including phenoxy) is 1. The largest absolute Gasteiger partial charge is 0.497 e. The lowest BCUT2D eigenvalue weighted by Crippen LogP contribution is -2.43. The van der Waals surface area contributed by atoms with Crippen molar-refractivity contribution in [3.05, 3.63) is 11.8 Å². The van der Waals surface area contributed by atoms with Gasteiger partial charge in [0.05, 0.1) is 12.6 Å². The number of nitrogens with one attached hydrogen (secondary N) is 1. The van der Waals surface area contributed by atoms with Gasteiger partial charge in [-0.3, -0.25) is 0 Å². The molecular weight excluding hydrogens is 238 g/mol. The van der Waals surface area contributed by atoms with Crippen molar-refractivity contribution in [2.24, 2.45) is 0 Å². The SMILES string of the molecule is CCNC(C1=CCCCO1)C1CSCCS1. The van der Waals surface area contributed by atoms with E-state index in [9.17, 15) is 0 Å². The quantitative estimate of drug-likeness (QED) is 0.837. The van der Waals surface area contributed by atoms with E-state index < -0.39 is 0 Å². The van der Waals surface area contributed by atoms with Crippen molar-refractivity contribution in [3.63, 3.8) is 0 Å². The van der Waals surface area contributed by atoms with Crippen LogP contribution in [-0.2, 0) is 4.74 Å². The molecule has 2 rings (SSSR count). The van der Waals surface area contributed by atoms with Crippen LogP contribution in [0.5, 0.6) is 0 Å². The van der Waals surface area contributed by atoms with Crippen LogP contribution in [0.3, 0.4) is 0 Å². The van der Waals surface area contributed by atoms with Crippen molar-refractivity contribution in [1.29, 1.82) is 0 Å². The Morgan fingerprint density at radius 1 is 1.56 bits per heavy atom. The molecule has 0 aromatic heterocycles. The Labute approximate surface area is 107 Å². The molecule has 1 saturated heterocycles. The first-order valence-corrected chi connectivity index (χ1v) is 8.37. The standard InChI is InChI=1S/C12H21NOS2/c1-2-13-12(10-5-3-4-6-14-10)11-9-15-7-8-16-11/h5,11-13H,2-4,6-9H2,1H3. The molecule has 4 heteroatoms. The van der Waals surface area contributed by atoms with Crippen LogP contribution in [0, 0.1) is 0 Å². The van der Waals surface area contributed by atoms with Gasteiger partial charge < -0.3 is 10.1 Å². The van der Waals surface area contributed by atoms with Crippen molar-refractivity contribution in [3.8, 4) is 0 Å². The number of hydrogen-bond acceptors (Lipinski definition) is 4. The third kappa shape index (κ3) is 3.34. The minimum absolute atomic E-state index is 0.433. The summed E-state index contributed by atoms with van der Waals surface area (Å²) in [5.74, 6) is 5.04. The smallest absolute Gasteiger partial charge is 0.110 e. The average Bonchev–Trinajstić information content (AvgIpc) is 2.38. The molecule has 2 nitrogen and oxygen atoms in total. The lowest BCUT2D eigenvalue weighted by Gasteiger charge is -2.32. The number of likely N-dealkylation sites (N-methyl/N-ethyl adjacent to an activating group) is 1. The van der Waals surface area contributed by atoms with Gasteiger partial charge in [-0.25, -0.2) is 0 Å². The summed E-state index contributed by atoms with van der Waals surface area (Å²) in [7, 11) is 0. The first kappa shape index (κ1) is 12.7. The van der Waals surface area contributed by atoms with Gasteiger partial charge in [-0.2, -0.15) is 23.5 Å². The Bertz CT molecular complexity index is 239. The molecule has 0 aromatic rings. The molecule has 2 heterocycles. The second kappa shape index (κ2) is 6.82. The van der Waals surface area contributed by atoms with E-state index in [1.54, 1.807) is 0 Å². The summed E-state index contributed by atoms with van der Waals surface area (Å²) in [6.07, 6.45) is 4.65. The van der Waals surface area contributed by atoms with Crippen LogP contribution in [-0.4, -0.2) is 41.7 Å². The normalized spacial score (nSPS) is 28.1. The van der Waals surface area contributed by atoms with Gasteiger partial charge in [0.25, 0.3) is 0 Å². The summed E-state index contributed by atoms with van der Waals surface area (Å²) in [6.45, 7) is 4.10. The summed E-state index contributed by atoms with van der Waals surface area (Å²) in [6, 6.07) is 0.433. The minimum atomic E-state index is 0.433. The monoisotopic (exact) mass is 259 g/mol. The van der Waals surface area contributed by atoms with Crippen LogP contribution in [0.25, 0.3) is 0 Å². The molecule has 1 fully saturated rings. The van der Waals surface area contributed by atoms with Gasteiger partial charge in [0, 0.05) is 22.5 Å². The second-order valence-electron chi connectivity index (χ2n) is 4.12. The summed E-state index contributed by atoms with van der Waals surface area (Å²) >= 11 is 4.18. The van der Waals surface area contributed by atoms with Crippen LogP contribution in [0.4, 0.5) is 0 Å². The van der Waals surface area contributed by atoms with Crippen LogP contribution in [0.2, 0.25) is 0 Å². The van der Waals surface area contributed by atoms with Gasteiger partial charge in [0.2, 0.25) is 0 Å². The van der Waals surface area contributed by atoms with Crippen molar-refractivity contribution >= 4 is 23.5 Å². The van der Waals surface area contributed by atoms with Crippen LogP contribution < -0.4 is 5.32 Å². The van der Waals surface area contributed by atoms with Crippen LogP contribution in [0.1, 0.15) is 19.8 Å². The fraction of sp³-hybridized carbons (Fsp3) is 0.833. The van der Waals surface area contributed by atoms with Gasteiger partial charge in [0.1, 0.15) is 5.76 Å². The highest BCUT2D eigenvalue weighted by atomic mass is 32.2. The number of rotatable bonds is 4. The van der Waals surface area contributed by atoms with E-state index in [4.69, 9.17) is 4.74 Å². The molecule has 0 amide bonds. The molecular formula is C12H21NOS2. The molecule has 0 saturated carbocycles. The van der Waals surface area contributed by atoms with Gasteiger partial charge in [-0.1, -0.05) is 6.92 Å². The lowest BCUT2D eigenvalue weighted by molar-refractivity contribution is 0.168. The van der Waals surface area contributed by atoms with E-state index in [0.29, 0.717) is 11.3 Å². The van der Waals surface area contributed by atoms with Crippen LogP contribution >= 0.6 is 23.5 Å². The summed E-state index contributed by atoms with van der Waals surface area (Å²) in [5, 5.41) is 4.28. The number of thioether (sulfide) groups is 2. The molecule has 92 valence electrons. The Balaban J connectivity index is 1.99. The van der Waals surface area contributed by atoms with Crippen molar-refractivity contribution < 1.29 is 4.74 Å². The number of hydrogen-bond donors (Lipinski definition) is 1. The van der Waals surface area contributed by atoms with Crippen molar-refractivity contribution in [2.45, 2.75) is 31.1 Å². The van der Waals surface area contributed by atoms with E-state index in [1.807, 2.05) is 0 Å². The Kier molecular flexibility index (Phi) is 5.39. The maximum atomic E-state index is 5.82. The van der Waals surface area contributed by atoms with E-state index >= 15 is 0 Å². The highest BCUT2D eigenvalue weighted by Crippen LogP contribution is 2.30. The first-order valence-electron chi connectivity index (χ1n) is 6.17. The molecule has 0 spiro atoms. The van der Waals surface area contributed by atoms with Gasteiger partial charge >= 0.3 is 0 Å². The maximum Gasteiger partial charge on any atom is 0.110 e. The lowest BCUT2D eigenvalue weighted by atomic mass is 10.1. The molecule has 2 atom stereocenters. The molecule has 0 aliphatic carbocycles. The van der Waals surface area contributed by atoms with Gasteiger partial charge in [-0.15, -0.1) is 0 Å². The van der Waals surface area contributed by atoms with E-state index in [2.05, 4.69) is 41.8 Å². The first-order chi connectivity index (χ1) is 7.92. The van der Waals surface area contributed by atoms with Crippen molar-refractivity contribution in [2.75, 3.05) is 30.4 Å². The molecule has 1 N–H and O–H groups in total. The predicted molar refractivity (Wildman–Crippen MR) is 74.3 cm³/mol. The highest BCUT2D eigenvalue weighted by Gasteiger charge is 2.28. The average molecular weight is 259 g/mol.